The molecule has 1 N–H and O–H groups in total. The molecule has 0 saturated carbocycles. The fourth-order valence-corrected chi connectivity index (χ4v) is 2.21. The van der Waals surface area contributed by atoms with Gasteiger partial charge in [-0.2, -0.15) is 0 Å². The number of hydrogen-bond acceptors (Lipinski definition) is 2. The SMILES string of the molecule is CNC(Cc1ccc(Br)cn1)c1c(F)cc(F)cc1F. The second kappa shape index (κ2) is 6.37. The molecule has 1 aromatic carbocycles. The zero-order valence-electron chi connectivity index (χ0n) is 10.6. The van der Waals surface area contributed by atoms with E-state index in [1.807, 2.05) is 0 Å². The lowest BCUT2D eigenvalue weighted by Gasteiger charge is -2.18. The smallest absolute Gasteiger partial charge is 0.133 e. The Bertz CT molecular complexity index is 579. The van der Waals surface area contributed by atoms with Gasteiger partial charge in [0.1, 0.15) is 17.5 Å². The van der Waals surface area contributed by atoms with Gasteiger partial charge >= 0.3 is 0 Å². The summed E-state index contributed by atoms with van der Waals surface area (Å²) in [7, 11) is 1.59. The van der Waals surface area contributed by atoms with Gasteiger partial charge in [0.25, 0.3) is 0 Å². The summed E-state index contributed by atoms with van der Waals surface area (Å²) in [5.41, 5.74) is 0.495. The van der Waals surface area contributed by atoms with Crippen LogP contribution in [0, 0.1) is 17.5 Å². The van der Waals surface area contributed by atoms with Crippen molar-refractivity contribution < 1.29 is 13.2 Å². The van der Waals surface area contributed by atoms with Crippen LogP contribution in [0.4, 0.5) is 13.2 Å². The number of nitrogens with one attached hydrogen (secondary N) is 1. The van der Waals surface area contributed by atoms with Crippen molar-refractivity contribution in [1.82, 2.24) is 10.3 Å². The maximum absolute atomic E-state index is 13.8. The van der Waals surface area contributed by atoms with Gasteiger partial charge in [0.15, 0.2) is 0 Å². The van der Waals surface area contributed by atoms with E-state index in [0.717, 1.165) is 4.47 Å². The van der Waals surface area contributed by atoms with Gasteiger partial charge in [-0.15, -0.1) is 0 Å². The number of rotatable bonds is 4. The summed E-state index contributed by atoms with van der Waals surface area (Å²) in [6.07, 6.45) is 1.91. The molecule has 0 saturated heterocycles. The van der Waals surface area contributed by atoms with E-state index in [9.17, 15) is 13.2 Å². The minimum Gasteiger partial charge on any atom is -0.312 e. The summed E-state index contributed by atoms with van der Waals surface area (Å²) < 4.78 is 41.3. The van der Waals surface area contributed by atoms with Crippen molar-refractivity contribution in [3.63, 3.8) is 0 Å². The first-order valence-corrected chi connectivity index (χ1v) is 6.72. The lowest BCUT2D eigenvalue weighted by Crippen LogP contribution is -2.22. The van der Waals surface area contributed by atoms with Crippen LogP contribution in [0.5, 0.6) is 0 Å². The highest BCUT2D eigenvalue weighted by molar-refractivity contribution is 9.10. The lowest BCUT2D eigenvalue weighted by molar-refractivity contribution is 0.473. The van der Waals surface area contributed by atoms with Gasteiger partial charge in [-0.3, -0.25) is 4.98 Å². The number of halogens is 4. The molecule has 0 radical (unpaired) electrons. The Morgan fingerprint density at radius 1 is 1.20 bits per heavy atom. The fraction of sp³-hybridized carbons (Fsp3) is 0.214. The summed E-state index contributed by atoms with van der Waals surface area (Å²) in [6, 6.07) is 4.29. The van der Waals surface area contributed by atoms with Crippen LogP contribution >= 0.6 is 15.9 Å². The first kappa shape index (κ1) is 15.0. The molecule has 106 valence electrons. The zero-order valence-corrected chi connectivity index (χ0v) is 12.2. The molecule has 0 fully saturated rings. The van der Waals surface area contributed by atoms with Crippen LogP contribution < -0.4 is 5.32 Å². The molecule has 1 heterocycles. The van der Waals surface area contributed by atoms with Gasteiger partial charge in [-0.05, 0) is 35.1 Å². The predicted octanol–water partition coefficient (Wildman–Crippen LogP) is 3.76. The van der Waals surface area contributed by atoms with Gasteiger partial charge in [0, 0.05) is 46.5 Å². The fourth-order valence-electron chi connectivity index (χ4n) is 1.97. The summed E-state index contributed by atoms with van der Waals surface area (Å²) >= 11 is 3.27. The first-order chi connectivity index (χ1) is 9.51. The molecule has 2 aromatic rings. The summed E-state index contributed by atoms with van der Waals surface area (Å²) in [4.78, 5) is 4.16. The maximum atomic E-state index is 13.8. The highest BCUT2D eigenvalue weighted by atomic mass is 79.9. The topological polar surface area (TPSA) is 24.9 Å². The molecule has 1 aromatic heterocycles. The summed E-state index contributed by atoms with van der Waals surface area (Å²) in [6.45, 7) is 0. The largest absolute Gasteiger partial charge is 0.312 e. The Hall–Kier alpha value is -1.40. The molecular weight excluding hydrogens is 333 g/mol. The van der Waals surface area contributed by atoms with Crippen LogP contribution in [-0.4, -0.2) is 12.0 Å². The van der Waals surface area contributed by atoms with Gasteiger partial charge < -0.3 is 5.32 Å². The van der Waals surface area contributed by atoms with E-state index in [1.54, 1.807) is 25.4 Å². The Morgan fingerprint density at radius 3 is 2.35 bits per heavy atom. The molecule has 0 aliphatic heterocycles. The van der Waals surface area contributed by atoms with Crippen molar-refractivity contribution in [1.29, 1.82) is 0 Å². The molecule has 0 aliphatic rings. The zero-order chi connectivity index (χ0) is 14.7. The van der Waals surface area contributed by atoms with Crippen molar-refractivity contribution in [3.05, 3.63) is 63.6 Å². The van der Waals surface area contributed by atoms with Crippen LogP contribution in [-0.2, 0) is 6.42 Å². The molecule has 20 heavy (non-hydrogen) atoms. The van der Waals surface area contributed by atoms with Gasteiger partial charge in [-0.25, -0.2) is 13.2 Å². The second-order valence-electron chi connectivity index (χ2n) is 4.30. The molecular formula is C14H12BrF3N2. The molecule has 0 amide bonds. The van der Waals surface area contributed by atoms with E-state index in [-0.39, 0.29) is 5.56 Å². The van der Waals surface area contributed by atoms with Gasteiger partial charge in [-0.1, -0.05) is 0 Å². The average molecular weight is 345 g/mol. The van der Waals surface area contributed by atoms with Crippen LogP contribution in [0.25, 0.3) is 0 Å². The van der Waals surface area contributed by atoms with E-state index in [1.165, 1.54) is 0 Å². The van der Waals surface area contributed by atoms with Crippen LogP contribution in [0.2, 0.25) is 0 Å². The average Bonchev–Trinajstić information content (AvgIpc) is 2.38. The Balaban J connectivity index is 2.31. The first-order valence-electron chi connectivity index (χ1n) is 5.93. The van der Waals surface area contributed by atoms with E-state index in [0.29, 0.717) is 24.2 Å². The van der Waals surface area contributed by atoms with Gasteiger partial charge in [0.2, 0.25) is 0 Å². The normalized spacial score (nSPS) is 12.4. The van der Waals surface area contributed by atoms with Crippen LogP contribution in [0.15, 0.2) is 34.9 Å². The number of aromatic nitrogens is 1. The predicted molar refractivity (Wildman–Crippen MR) is 73.8 cm³/mol. The number of likely N-dealkylation sites (N-methyl/N-ethyl adjacent to an activating group) is 1. The number of pyridine rings is 1. The molecule has 0 spiro atoms. The highest BCUT2D eigenvalue weighted by Gasteiger charge is 2.21. The Kier molecular flexibility index (Phi) is 4.77. The Morgan fingerprint density at radius 2 is 1.85 bits per heavy atom. The maximum Gasteiger partial charge on any atom is 0.133 e. The molecule has 0 aliphatic carbocycles. The van der Waals surface area contributed by atoms with E-state index < -0.39 is 23.5 Å². The minimum atomic E-state index is -0.930. The van der Waals surface area contributed by atoms with E-state index in [4.69, 9.17) is 0 Å². The highest BCUT2D eigenvalue weighted by Crippen LogP contribution is 2.24. The third kappa shape index (κ3) is 3.37. The molecule has 1 unspecified atom stereocenters. The van der Waals surface area contributed by atoms with Crippen molar-refractivity contribution in [2.45, 2.75) is 12.5 Å². The molecule has 2 rings (SSSR count). The Labute approximate surface area is 123 Å². The van der Waals surface area contributed by atoms with Crippen LogP contribution in [0.1, 0.15) is 17.3 Å². The van der Waals surface area contributed by atoms with Gasteiger partial charge in [0.05, 0.1) is 0 Å². The lowest BCUT2D eigenvalue weighted by atomic mass is 10.0. The minimum absolute atomic E-state index is 0.182. The number of hydrogen-bond donors (Lipinski definition) is 1. The van der Waals surface area contributed by atoms with Crippen LogP contribution in [0.3, 0.4) is 0 Å². The van der Waals surface area contributed by atoms with E-state index >= 15 is 0 Å². The monoisotopic (exact) mass is 344 g/mol. The van der Waals surface area contributed by atoms with Crippen molar-refractivity contribution >= 4 is 15.9 Å². The van der Waals surface area contributed by atoms with E-state index in [2.05, 4.69) is 26.2 Å². The number of nitrogens with zero attached hydrogens (tertiary/aromatic N) is 1. The quantitative estimate of drug-likeness (QED) is 0.913. The third-order valence-corrected chi connectivity index (χ3v) is 3.41. The van der Waals surface area contributed by atoms with Crippen molar-refractivity contribution in [2.75, 3.05) is 7.05 Å². The summed E-state index contributed by atoms with van der Waals surface area (Å²) in [5.74, 6) is -2.74. The standard InChI is InChI=1S/C14H12BrF3N2/c1-19-13(6-10-3-2-8(15)7-20-10)14-11(17)4-9(16)5-12(14)18/h2-5,7,13,19H,6H2,1H3. The molecule has 2 nitrogen and oxygen atoms in total. The molecule has 0 bridgehead atoms. The number of benzene rings is 1. The second-order valence-corrected chi connectivity index (χ2v) is 5.21. The third-order valence-electron chi connectivity index (χ3n) is 2.94. The van der Waals surface area contributed by atoms with Crippen molar-refractivity contribution in [3.8, 4) is 0 Å². The van der Waals surface area contributed by atoms with Crippen molar-refractivity contribution in [2.24, 2.45) is 0 Å². The molecule has 1 atom stereocenters. The summed E-state index contributed by atoms with van der Waals surface area (Å²) in [5, 5.41) is 2.83. The molecule has 6 heteroatoms.